The maximum absolute atomic E-state index is 5.99. The lowest BCUT2D eigenvalue weighted by Crippen LogP contribution is -2.32. The highest BCUT2D eigenvalue weighted by Gasteiger charge is 2.12. The van der Waals surface area contributed by atoms with Crippen LogP contribution >= 0.6 is 0 Å². The number of nitrogens with one attached hydrogen (secondary N) is 1. The van der Waals surface area contributed by atoms with Gasteiger partial charge in [0.25, 0.3) is 0 Å². The Kier molecular flexibility index (Phi) is 5.24. The van der Waals surface area contributed by atoms with E-state index in [-0.39, 0.29) is 5.54 Å². The molecule has 0 fully saturated rings. The Bertz CT molecular complexity index is 433. The summed E-state index contributed by atoms with van der Waals surface area (Å²) in [6, 6.07) is 2.16. The van der Waals surface area contributed by atoms with Crippen LogP contribution in [-0.4, -0.2) is 19.2 Å². The van der Waals surface area contributed by atoms with E-state index in [1.54, 1.807) is 7.11 Å². The van der Waals surface area contributed by atoms with Crippen molar-refractivity contribution in [1.29, 1.82) is 0 Å². The van der Waals surface area contributed by atoms with Crippen LogP contribution in [-0.2, 0) is 0 Å². The Labute approximate surface area is 117 Å². The predicted octanol–water partition coefficient (Wildman–Crippen LogP) is 3.55. The van der Waals surface area contributed by atoms with Crippen molar-refractivity contribution in [2.45, 2.75) is 53.0 Å². The van der Waals surface area contributed by atoms with Crippen LogP contribution in [0.5, 0.6) is 5.75 Å². The van der Waals surface area contributed by atoms with Crippen molar-refractivity contribution in [3.05, 3.63) is 22.8 Å². The van der Waals surface area contributed by atoms with E-state index in [0.29, 0.717) is 0 Å². The van der Waals surface area contributed by atoms with Crippen molar-refractivity contribution < 1.29 is 4.74 Å². The van der Waals surface area contributed by atoms with Crippen LogP contribution < -0.4 is 15.8 Å². The molecule has 0 heterocycles. The summed E-state index contributed by atoms with van der Waals surface area (Å²) in [7, 11) is 1.73. The first-order chi connectivity index (χ1) is 8.76. The third kappa shape index (κ3) is 4.43. The van der Waals surface area contributed by atoms with Gasteiger partial charge in [-0.1, -0.05) is 0 Å². The van der Waals surface area contributed by atoms with Gasteiger partial charge < -0.3 is 15.8 Å². The number of benzene rings is 1. The summed E-state index contributed by atoms with van der Waals surface area (Å²) in [6.07, 6.45) is 2.10. The van der Waals surface area contributed by atoms with Gasteiger partial charge in [-0.05, 0) is 70.2 Å². The molecule has 0 aliphatic carbocycles. The molecule has 3 nitrogen and oxygen atoms in total. The standard InChI is InChI=1S/C16H28N2O/c1-11-10-14(12(2)13(3)15(11)19-6)18-9-7-8-16(4,5)17/h10,18H,7-9,17H2,1-6H3. The quantitative estimate of drug-likeness (QED) is 0.772. The SMILES string of the molecule is COc1c(C)cc(NCCCC(C)(C)N)c(C)c1C. The third-order valence-corrected chi connectivity index (χ3v) is 3.54. The van der Waals surface area contributed by atoms with E-state index >= 15 is 0 Å². The molecule has 19 heavy (non-hydrogen) atoms. The average molecular weight is 264 g/mol. The fourth-order valence-corrected chi connectivity index (χ4v) is 2.32. The molecule has 0 aliphatic rings. The van der Waals surface area contributed by atoms with Gasteiger partial charge in [-0.25, -0.2) is 0 Å². The summed E-state index contributed by atoms with van der Waals surface area (Å²) in [4.78, 5) is 0. The van der Waals surface area contributed by atoms with Gasteiger partial charge in [-0.15, -0.1) is 0 Å². The molecule has 1 aromatic carbocycles. The van der Waals surface area contributed by atoms with E-state index in [1.807, 2.05) is 0 Å². The Morgan fingerprint density at radius 3 is 2.37 bits per heavy atom. The molecule has 0 atom stereocenters. The molecule has 0 saturated heterocycles. The Balaban J connectivity index is 2.70. The molecule has 1 aromatic rings. The van der Waals surface area contributed by atoms with E-state index in [4.69, 9.17) is 10.5 Å². The topological polar surface area (TPSA) is 47.3 Å². The van der Waals surface area contributed by atoms with E-state index in [9.17, 15) is 0 Å². The van der Waals surface area contributed by atoms with Crippen LogP contribution in [0.2, 0.25) is 0 Å². The summed E-state index contributed by atoms with van der Waals surface area (Å²) in [5.74, 6) is 0.992. The Morgan fingerprint density at radius 1 is 1.21 bits per heavy atom. The number of rotatable bonds is 6. The van der Waals surface area contributed by atoms with Gasteiger partial charge >= 0.3 is 0 Å². The predicted molar refractivity (Wildman–Crippen MR) is 83.2 cm³/mol. The van der Waals surface area contributed by atoms with Crippen molar-refractivity contribution in [3.63, 3.8) is 0 Å². The minimum Gasteiger partial charge on any atom is -0.496 e. The molecule has 0 saturated carbocycles. The lowest BCUT2D eigenvalue weighted by atomic mass is 9.99. The average Bonchev–Trinajstić information content (AvgIpc) is 2.30. The summed E-state index contributed by atoms with van der Waals surface area (Å²) < 4.78 is 5.44. The molecule has 0 bridgehead atoms. The van der Waals surface area contributed by atoms with E-state index in [1.165, 1.54) is 22.4 Å². The van der Waals surface area contributed by atoms with E-state index < -0.39 is 0 Å². The summed E-state index contributed by atoms with van der Waals surface area (Å²) in [5, 5.41) is 3.51. The number of methoxy groups -OCH3 is 1. The van der Waals surface area contributed by atoms with Crippen molar-refractivity contribution in [2.24, 2.45) is 5.73 Å². The molecule has 0 unspecified atom stereocenters. The van der Waals surface area contributed by atoms with Crippen molar-refractivity contribution in [3.8, 4) is 5.75 Å². The van der Waals surface area contributed by atoms with Crippen molar-refractivity contribution >= 4 is 5.69 Å². The fourth-order valence-electron chi connectivity index (χ4n) is 2.32. The second-order valence-corrected chi connectivity index (χ2v) is 6.04. The summed E-state index contributed by atoms with van der Waals surface area (Å²) >= 11 is 0. The first-order valence-corrected chi connectivity index (χ1v) is 6.94. The van der Waals surface area contributed by atoms with Gasteiger partial charge in [-0.2, -0.15) is 0 Å². The van der Waals surface area contributed by atoms with Crippen molar-refractivity contribution in [1.82, 2.24) is 0 Å². The Hall–Kier alpha value is -1.22. The first kappa shape index (κ1) is 15.8. The third-order valence-electron chi connectivity index (χ3n) is 3.54. The first-order valence-electron chi connectivity index (χ1n) is 6.94. The minimum absolute atomic E-state index is 0.0809. The smallest absolute Gasteiger partial charge is 0.125 e. The molecule has 0 aliphatic heterocycles. The normalized spacial score (nSPS) is 11.5. The molecule has 0 aromatic heterocycles. The zero-order chi connectivity index (χ0) is 14.6. The summed E-state index contributed by atoms with van der Waals surface area (Å²) in [5.41, 5.74) is 10.7. The molecular formula is C16H28N2O. The van der Waals surface area contributed by atoms with Gasteiger partial charge in [0, 0.05) is 17.8 Å². The number of hydrogen-bond acceptors (Lipinski definition) is 3. The van der Waals surface area contributed by atoms with E-state index in [2.05, 4.69) is 46.0 Å². The number of aryl methyl sites for hydroxylation is 1. The fraction of sp³-hybridized carbons (Fsp3) is 0.625. The molecule has 3 heteroatoms. The Morgan fingerprint density at radius 2 is 1.84 bits per heavy atom. The minimum atomic E-state index is -0.0809. The highest BCUT2D eigenvalue weighted by molar-refractivity contribution is 5.61. The molecule has 0 spiro atoms. The lowest BCUT2D eigenvalue weighted by Gasteiger charge is -2.20. The van der Waals surface area contributed by atoms with E-state index in [0.717, 1.165) is 25.1 Å². The van der Waals surface area contributed by atoms with Crippen LogP contribution in [0.15, 0.2) is 6.07 Å². The van der Waals surface area contributed by atoms with Gasteiger partial charge in [0.2, 0.25) is 0 Å². The molecule has 0 radical (unpaired) electrons. The number of hydrogen-bond donors (Lipinski definition) is 2. The molecular weight excluding hydrogens is 236 g/mol. The second kappa shape index (κ2) is 6.29. The monoisotopic (exact) mass is 264 g/mol. The van der Waals surface area contributed by atoms with Crippen LogP contribution in [0.25, 0.3) is 0 Å². The number of anilines is 1. The lowest BCUT2D eigenvalue weighted by molar-refractivity contribution is 0.408. The van der Waals surface area contributed by atoms with Crippen LogP contribution in [0.4, 0.5) is 5.69 Å². The molecule has 3 N–H and O–H groups in total. The van der Waals surface area contributed by atoms with Gasteiger partial charge in [-0.3, -0.25) is 0 Å². The number of nitrogens with two attached hydrogens (primary N) is 1. The second-order valence-electron chi connectivity index (χ2n) is 6.04. The zero-order valence-corrected chi connectivity index (χ0v) is 13.2. The van der Waals surface area contributed by atoms with Gasteiger partial charge in [0.15, 0.2) is 0 Å². The molecule has 0 amide bonds. The van der Waals surface area contributed by atoms with Gasteiger partial charge in [0.1, 0.15) is 5.75 Å². The van der Waals surface area contributed by atoms with Gasteiger partial charge in [0.05, 0.1) is 7.11 Å². The maximum atomic E-state index is 5.99. The van der Waals surface area contributed by atoms with Crippen molar-refractivity contribution in [2.75, 3.05) is 19.0 Å². The largest absolute Gasteiger partial charge is 0.496 e. The van der Waals surface area contributed by atoms with Crippen LogP contribution in [0.3, 0.4) is 0 Å². The highest BCUT2D eigenvalue weighted by atomic mass is 16.5. The summed E-state index contributed by atoms with van der Waals surface area (Å²) in [6.45, 7) is 11.4. The van der Waals surface area contributed by atoms with Crippen LogP contribution in [0, 0.1) is 20.8 Å². The molecule has 108 valence electrons. The zero-order valence-electron chi connectivity index (χ0n) is 13.2. The maximum Gasteiger partial charge on any atom is 0.125 e. The number of ether oxygens (including phenoxy) is 1. The highest BCUT2D eigenvalue weighted by Crippen LogP contribution is 2.31. The molecule has 1 rings (SSSR count). The van der Waals surface area contributed by atoms with Crippen LogP contribution in [0.1, 0.15) is 43.4 Å².